The van der Waals surface area contributed by atoms with Gasteiger partial charge >= 0.3 is 6.61 Å². The number of carbonyl (C=O) groups excluding carboxylic acids is 1. The van der Waals surface area contributed by atoms with Crippen LogP contribution < -0.4 is 14.8 Å². The number of rotatable bonds is 6. The van der Waals surface area contributed by atoms with Crippen molar-refractivity contribution in [3.63, 3.8) is 0 Å². The maximum atomic E-state index is 12.3. The molecule has 2 rings (SSSR count). The lowest BCUT2D eigenvalue weighted by Crippen LogP contribution is -2.21. The third kappa shape index (κ3) is 4.83. The lowest BCUT2D eigenvalue weighted by atomic mass is 10.2. The third-order valence-electron chi connectivity index (χ3n) is 3.27. The highest BCUT2D eigenvalue weighted by Gasteiger charge is 2.12. The molecule has 0 heterocycles. The summed E-state index contributed by atoms with van der Waals surface area (Å²) in [6.45, 7) is 0.249. The number of carbonyl (C=O) groups is 1. The summed E-state index contributed by atoms with van der Waals surface area (Å²) < 4.78 is 34.5. The number of hydrogen-bond donors (Lipinski definition) is 1. The normalized spacial score (nSPS) is 10.6. The van der Waals surface area contributed by atoms with Crippen LogP contribution in [0.2, 0.25) is 5.02 Å². The van der Waals surface area contributed by atoms with Gasteiger partial charge in [-0.1, -0.05) is 17.7 Å². The Bertz CT molecular complexity index is 738. The molecule has 0 fully saturated rings. The van der Waals surface area contributed by atoms with Crippen molar-refractivity contribution in [1.82, 2.24) is 0 Å². The molecule has 0 unspecified atom stereocenters. The van der Waals surface area contributed by atoms with Crippen molar-refractivity contribution in [2.24, 2.45) is 0 Å². The van der Waals surface area contributed by atoms with Crippen LogP contribution in [0.25, 0.3) is 0 Å². The Morgan fingerprint density at radius 3 is 2.62 bits per heavy atom. The van der Waals surface area contributed by atoms with E-state index in [0.717, 1.165) is 5.56 Å². The number of halogens is 3. The average Bonchev–Trinajstić information content (AvgIpc) is 2.50. The Balaban J connectivity index is 1.99. The zero-order valence-corrected chi connectivity index (χ0v) is 13.9. The van der Waals surface area contributed by atoms with Gasteiger partial charge in [-0.2, -0.15) is 8.78 Å². The number of alkyl halides is 2. The number of nitrogens with one attached hydrogen (secondary N) is 1. The molecule has 0 spiro atoms. The maximum Gasteiger partial charge on any atom is 0.387 e. The smallest absolute Gasteiger partial charge is 0.387 e. The molecule has 24 heavy (non-hydrogen) atoms. The number of hydrogen-bond acceptors (Lipinski definition) is 3. The van der Waals surface area contributed by atoms with Gasteiger partial charge in [0, 0.05) is 16.3 Å². The zero-order valence-electron chi connectivity index (χ0n) is 13.1. The number of amides is 1. The first-order chi connectivity index (χ1) is 11.4. The van der Waals surface area contributed by atoms with Crippen LogP contribution in [0.15, 0.2) is 36.4 Å². The monoisotopic (exact) mass is 355 g/mol. The van der Waals surface area contributed by atoms with Crippen molar-refractivity contribution in [2.45, 2.75) is 20.5 Å². The highest BCUT2D eigenvalue weighted by Crippen LogP contribution is 2.27. The van der Waals surface area contributed by atoms with Crippen LogP contribution >= 0.6 is 11.6 Å². The molecule has 2 aromatic carbocycles. The summed E-state index contributed by atoms with van der Waals surface area (Å²) in [6.07, 6.45) is 0. The largest absolute Gasteiger partial charge is 0.483 e. The topological polar surface area (TPSA) is 47.6 Å². The van der Waals surface area contributed by atoms with E-state index in [0.29, 0.717) is 22.0 Å². The number of anilines is 1. The molecule has 0 radical (unpaired) electrons. The minimum atomic E-state index is -2.93. The molecule has 4 nitrogen and oxygen atoms in total. The summed E-state index contributed by atoms with van der Waals surface area (Å²) in [5.41, 5.74) is 1.60. The molecular formula is C17H16ClF2NO3. The Morgan fingerprint density at radius 1 is 1.21 bits per heavy atom. The standard InChI is InChI=1S/C17H16ClF2NO3/c1-10-8-12(18)6-7-14(10)23-9-16(22)21-13-4-3-5-15(11(13)2)24-17(19)20/h3-8,17H,9H2,1-2H3,(H,21,22). The molecule has 0 saturated carbocycles. The SMILES string of the molecule is Cc1cc(Cl)ccc1OCC(=O)Nc1cccc(OC(F)F)c1C. The molecule has 1 amide bonds. The van der Waals surface area contributed by atoms with Crippen molar-refractivity contribution < 1.29 is 23.0 Å². The van der Waals surface area contributed by atoms with E-state index in [1.165, 1.54) is 12.1 Å². The molecule has 7 heteroatoms. The van der Waals surface area contributed by atoms with Gasteiger partial charge in [0.25, 0.3) is 5.91 Å². The van der Waals surface area contributed by atoms with Crippen LogP contribution in [0, 0.1) is 13.8 Å². The fraction of sp³-hybridized carbons (Fsp3) is 0.235. The quantitative estimate of drug-likeness (QED) is 0.825. The van der Waals surface area contributed by atoms with Crippen molar-refractivity contribution in [2.75, 3.05) is 11.9 Å². The predicted octanol–water partition coefficient (Wildman–Crippen LogP) is 4.58. The molecule has 128 valence electrons. The predicted molar refractivity (Wildman–Crippen MR) is 88.1 cm³/mol. The van der Waals surface area contributed by atoms with Crippen LogP contribution in [-0.2, 0) is 4.79 Å². The summed E-state index contributed by atoms with van der Waals surface area (Å²) in [6, 6.07) is 9.59. The molecule has 0 aromatic heterocycles. The summed E-state index contributed by atoms with van der Waals surface area (Å²) in [7, 11) is 0. The summed E-state index contributed by atoms with van der Waals surface area (Å²) in [5, 5.41) is 3.19. The van der Waals surface area contributed by atoms with Gasteiger partial charge in [0.2, 0.25) is 0 Å². The second-order valence-corrected chi connectivity index (χ2v) is 5.49. The van der Waals surface area contributed by atoms with E-state index in [-0.39, 0.29) is 12.4 Å². The highest BCUT2D eigenvalue weighted by molar-refractivity contribution is 6.30. The Labute approximate surface area is 143 Å². The summed E-state index contributed by atoms with van der Waals surface area (Å²) >= 11 is 5.86. The summed E-state index contributed by atoms with van der Waals surface area (Å²) in [4.78, 5) is 12.0. The van der Waals surface area contributed by atoms with Crippen molar-refractivity contribution >= 4 is 23.2 Å². The van der Waals surface area contributed by atoms with Crippen LogP contribution in [0.4, 0.5) is 14.5 Å². The number of benzene rings is 2. The Hall–Kier alpha value is -2.34. The van der Waals surface area contributed by atoms with Gasteiger partial charge in [0.15, 0.2) is 6.61 Å². The maximum absolute atomic E-state index is 12.3. The van der Waals surface area contributed by atoms with Crippen LogP contribution in [0.1, 0.15) is 11.1 Å². The van der Waals surface area contributed by atoms with E-state index < -0.39 is 12.5 Å². The van der Waals surface area contributed by atoms with E-state index in [1.54, 1.807) is 31.2 Å². The minimum Gasteiger partial charge on any atom is -0.483 e. The van der Waals surface area contributed by atoms with E-state index in [2.05, 4.69) is 10.1 Å². The van der Waals surface area contributed by atoms with E-state index in [4.69, 9.17) is 16.3 Å². The third-order valence-corrected chi connectivity index (χ3v) is 3.51. The average molecular weight is 356 g/mol. The first-order valence-electron chi connectivity index (χ1n) is 7.10. The molecular weight excluding hydrogens is 340 g/mol. The van der Waals surface area contributed by atoms with E-state index in [9.17, 15) is 13.6 Å². The van der Waals surface area contributed by atoms with Crippen molar-refractivity contribution in [1.29, 1.82) is 0 Å². The number of aryl methyl sites for hydroxylation is 1. The fourth-order valence-corrected chi connectivity index (χ4v) is 2.30. The zero-order chi connectivity index (χ0) is 17.7. The van der Waals surface area contributed by atoms with Gasteiger partial charge < -0.3 is 14.8 Å². The number of ether oxygens (including phenoxy) is 2. The first kappa shape index (κ1) is 18.0. The second-order valence-electron chi connectivity index (χ2n) is 5.05. The Kier molecular flexibility index (Phi) is 5.98. The minimum absolute atomic E-state index is 0.0114. The van der Waals surface area contributed by atoms with Gasteiger partial charge in [-0.15, -0.1) is 0 Å². The lowest BCUT2D eigenvalue weighted by Gasteiger charge is -2.14. The van der Waals surface area contributed by atoms with Crippen LogP contribution in [0.5, 0.6) is 11.5 Å². The van der Waals surface area contributed by atoms with Crippen molar-refractivity contribution in [3.8, 4) is 11.5 Å². The molecule has 0 aliphatic rings. The first-order valence-corrected chi connectivity index (χ1v) is 7.48. The van der Waals surface area contributed by atoms with Gasteiger partial charge in [-0.05, 0) is 49.7 Å². The van der Waals surface area contributed by atoms with Gasteiger partial charge in [0.05, 0.1) is 0 Å². The molecule has 0 aliphatic heterocycles. The van der Waals surface area contributed by atoms with Gasteiger partial charge in [-0.25, -0.2) is 0 Å². The molecule has 2 aromatic rings. The van der Waals surface area contributed by atoms with E-state index in [1.807, 2.05) is 6.92 Å². The molecule has 0 saturated heterocycles. The van der Waals surface area contributed by atoms with Crippen LogP contribution in [0.3, 0.4) is 0 Å². The molecule has 1 N–H and O–H groups in total. The molecule has 0 bridgehead atoms. The van der Waals surface area contributed by atoms with Gasteiger partial charge in [-0.3, -0.25) is 4.79 Å². The summed E-state index contributed by atoms with van der Waals surface area (Å²) in [5.74, 6) is 0.139. The highest BCUT2D eigenvalue weighted by atomic mass is 35.5. The Morgan fingerprint density at radius 2 is 1.96 bits per heavy atom. The van der Waals surface area contributed by atoms with Crippen molar-refractivity contribution in [3.05, 3.63) is 52.5 Å². The lowest BCUT2D eigenvalue weighted by molar-refractivity contribution is -0.118. The van der Waals surface area contributed by atoms with E-state index >= 15 is 0 Å². The molecule has 0 atom stereocenters. The fourth-order valence-electron chi connectivity index (χ4n) is 2.08. The second kappa shape index (κ2) is 7.97. The molecule has 0 aliphatic carbocycles. The van der Waals surface area contributed by atoms with Crippen LogP contribution in [-0.4, -0.2) is 19.1 Å². The van der Waals surface area contributed by atoms with Gasteiger partial charge in [0.1, 0.15) is 11.5 Å².